The van der Waals surface area contributed by atoms with Gasteiger partial charge in [-0.1, -0.05) is 87.3 Å². The van der Waals surface area contributed by atoms with E-state index in [9.17, 15) is 0 Å². The lowest BCUT2D eigenvalue weighted by Gasteiger charge is -2.03. The van der Waals surface area contributed by atoms with Gasteiger partial charge in [-0.15, -0.1) is 0 Å². The van der Waals surface area contributed by atoms with Crippen molar-refractivity contribution in [1.82, 2.24) is 0 Å². The fourth-order valence-electron chi connectivity index (χ4n) is 1.65. The Labute approximate surface area is 103 Å². The quantitative estimate of drug-likeness (QED) is 0.271. The molecule has 0 rings (SSSR count). The van der Waals surface area contributed by atoms with Crippen LogP contribution in [-0.2, 0) is 0 Å². The minimum atomic E-state index is 0.372. The van der Waals surface area contributed by atoms with Gasteiger partial charge in [-0.25, -0.2) is 0 Å². The van der Waals surface area contributed by atoms with E-state index in [1.165, 1.54) is 64.2 Å². The largest absolute Gasteiger partial charge is 0.320 e. The Morgan fingerprint density at radius 1 is 0.857 bits per heavy atom. The Kier molecular flexibility index (Phi) is 12.3. The molecule has 14 heavy (non-hydrogen) atoms. The molecule has 0 aromatic rings. The van der Waals surface area contributed by atoms with Crippen molar-refractivity contribution in [2.45, 2.75) is 75.2 Å². The number of halogens is 1. The van der Waals surface area contributed by atoms with Crippen LogP contribution in [0.3, 0.4) is 0 Å². The van der Waals surface area contributed by atoms with Crippen LogP contribution in [0.15, 0.2) is 0 Å². The summed E-state index contributed by atoms with van der Waals surface area (Å²) in [4.78, 5) is 0. The Morgan fingerprint density at radius 3 is 1.71 bits per heavy atom. The number of hydrogen-bond donors (Lipinski definition) is 1. The van der Waals surface area contributed by atoms with Gasteiger partial charge in [-0.3, -0.25) is 0 Å². The molecule has 0 saturated heterocycles. The summed E-state index contributed by atoms with van der Waals surface area (Å²) in [6, 6.07) is 0. The molecule has 0 aliphatic carbocycles. The van der Waals surface area contributed by atoms with Crippen molar-refractivity contribution >= 4 is 22.6 Å². The van der Waals surface area contributed by atoms with Crippen molar-refractivity contribution in [3.8, 4) is 0 Å². The molecule has 0 spiro atoms. The number of rotatable bonds is 10. The van der Waals surface area contributed by atoms with E-state index in [0.29, 0.717) is 4.05 Å². The third-order valence-corrected chi connectivity index (χ3v) is 3.21. The average molecular weight is 311 g/mol. The van der Waals surface area contributed by atoms with Crippen molar-refractivity contribution in [3.63, 3.8) is 0 Å². The normalized spacial score (nSPS) is 13.1. The van der Waals surface area contributed by atoms with Gasteiger partial charge in [0.15, 0.2) is 0 Å². The van der Waals surface area contributed by atoms with Crippen LogP contribution in [0.2, 0.25) is 0 Å². The highest BCUT2D eigenvalue weighted by Crippen LogP contribution is 2.12. The molecule has 1 unspecified atom stereocenters. The minimum absolute atomic E-state index is 0.372. The summed E-state index contributed by atoms with van der Waals surface area (Å²) < 4.78 is 0.372. The Bertz CT molecular complexity index is 104. The molecule has 2 N–H and O–H groups in total. The number of hydrogen-bond acceptors (Lipinski definition) is 1. The maximum atomic E-state index is 5.67. The fourth-order valence-corrected chi connectivity index (χ4v) is 2.09. The highest BCUT2D eigenvalue weighted by atomic mass is 127. The Morgan fingerprint density at radius 2 is 1.29 bits per heavy atom. The maximum Gasteiger partial charge on any atom is 0.0568 e. The number of alkyl halides is 1. The molecule has 0 fully saturated rings. The first kappa shape index (κ1) is 14.7. The van der Waals surface area contributed by atoms with Crippen LogP contribution < -0.4 is 5.73 Å². The predicted molar refractivity (Wildman–Crippen MR) is 73.8 cm³/mol. The van der Waals surface area contributed by atoms with Gasteiger partial charge in [0.25, 0.3) is 0 Å². The lowest BCUT2D eigenvalue weighted by atomic mass is 10.1. The van der Waals surface area contributed by atoms with Crippen molar-refractivity contribution in [2.75, 3.05) is 0 Å². The lowest BCUT2D eigenvalue weighted by molar-refractivity contribution is 0.556. The van der Waals surface area contributed by atoms with E-state index in [2.05, 4.69) is 29.5 Å². The molecule has 2 heteroatoms. The molecular weight excluding hydrogens is 285 g/mol. The smallest absolute Gasteiger partial charge is 0.0568 e. The Hall–Kier alpha value is 0.690. The molecular formula is C12H26IN. The summed E-state index contributed by atoms with van der Waals surface area (Å²) in [6.45, 7) is 2.27. The highest BCUT2D eigenvalue weighted by molar-refractivity contribution is 14.1. The third kappa shape index (κ3) is 12.7. The van der Waals surface area contributed by atoms with Gasteiger partial charge in [0.1, 0.15) is 0 Å². The van der Waals surface area contributed by atoms with Crippen molar-refractivity contribution in [3.05, 3.63) is 0 Å². The minimum Gasteiger partial charge on any atom is -0.320 e. The molecule has 0 heterocycles. The summed E-state index contributed by atoms with van der Waals surface area (Å²) >= 11 is 2.30. The van der Waals surface area contributed by atoms with E-state index in [1.54, 1.807) is 0 Å². The third-order valence-electron chi connectivity index (χ3n) is 2.58. The van der Waals surface area contributed by atoms with E-state index in [-0.39, 0.29) is 0 Å². The zero-order valence-corrected chi connectivity index (χ0v) is 11.8. The van der Waals surface area contributed by atoms with Crippen LogP contribution in [0.5, 0.6) is 0 Å². The molecule has 0 amide bonds. The van der Waals surface area contributed by atoms with Crippen molar-refractivity contribution in [2.24, 2.45) is 5.73 Å². The molecule has 1 nitrogen and oxygen atoms in total. The SMILES string of the molecule is CCCCCCCCCCCC(N)I. The van der Waals surface area contributed by atoms with E-state index in [4.69, 9.17) is 5.73 Å². The van der Waals surface area contributed by atoms with Crippen LogP contribution >= 0.6 is 22.6 Å². The second kappa shape index (κ2) is 11.8. The summed E-state index contributed by atoms with van der Waals surface area (Å²) in [5.41, 5.74) is 5.67. The first-order valence-corrected chi connectivity index (χ1v) is 7.41. The number of nitrogens with two attached hydrogens (primary N) is 1. The summed E-state index contributed by atoms with van der Waals surface area (Å²) in [6.07, 6.45) is 13.8. The molecule has 86 valence electrons. The molecule has 0 saturated carbocycles. The van der Waals surface area contributed by atoms with E-state index in [1.807, 2.05) is 0 Å². The lowest BCUT2D eigenvalue weighted by Crippen LogP contribution is -2.09. The van der Waals surface area contributed by atoms with Crippen LogP contribution in [0.4, 0.5) is 0 Å². The van der Waals surface area contributed by atoms with Crippen molar-refractivity contribution < 1.29 is 0 Å². The topological polar surface area (TPSA) is 26.0 Å². The second-order valence-electron chi connectivity index (χ2n) is 4.13. The van der Waals surface area contributed by atoms with Crippen LogP contribution in [0, 0.1) is 0 Å². The van der Waals surface area contributed by atoms with Crippen LogP contribution in [0.1, 0.15) is 71.1 Å². The predicted octanol–water partition coefficient (Wildman–Crippen LogP) is 4.63. The highest BCUT2D eigenvalue weighted by Gasteiger charge is 1.95. The standard InChI is InChI=1S/C12H26IN/c1-2-3-4-5-6-7-8-9-10-11-12(13)14/h12H,2-11,14H2,1H3. The molecule has 0 aromatic carbocycles. The molecule has 1 atom stereocenters. The molecule has 0 aliphatic rings. The summed E-state index contributed by atoms with van der Waals surface area (Å²) in [7, 11) is 0. The summed E-state index contributed by atoms with van der Waals surface area (Å²) in [5.74, 6) is 0. The van der Waals surface area contributed by atoms with Crippen LogP contribution in [-0.4, -0.2) is 4.05 Å². The van der Waals surface area contributed by atoms with Crippen LogP contribution in [0.25, 0.3) is 0 Å². The zero-order chi connectivity index (χ0) is 10.6. The van der Waals surface area contributed by atoms with Gasteiger partial charge in [0.05, 0.1) is 4.05 Å². The van der Waals surface area contributed by atoms with Gasteiger partial charge >= 0.3 is 0 Å². The summed E-state index contributed by atoms with van der Waals surface area (Å²) in [5, 5.41) is 0. The van der Waals surface area contributed by atoms with Gasteiger partial charge in [0.2, 0.25) is 0 Å². The maximum absolute atomic E-state index is 5.67. The molecule has 0 radical (unpaired) electrons. The van der Waals surface area contributed by atoms with Gasteiger partial charge in [0, 0.05) is 0 Å². The molecule has 0 aromatic heterocycles. The number of unbranched alkanes of at least 4 members (excludes halogenated alkanes) is 8. The Balaban J connectivity index is 2.85. The first-order chi connectivity index (χ1) is 6.77. The van der Waals surface area contributed by atoms with Gasteiger partial charge < -0.3 is 5.73 Å². The fraction of sp³-hybridized carbons (Fsp3) is 1.00. The first-order valence-electron chi connectivity index (χ1n) is 6.17. The second-order valence-corrected chi connectivity index (χ2v) is 5.73. The van der Waals surface area contributed by atoms with Gasteiger partial charge in [-0.2, -0.15) is 0 Å². The average Bonchev–Trinajstić information content (AvgIpc) is 2.15. The van der Waals surface area contributed by atoms with Crippen molar-refractivity contribution in [1.29, 1.82) is 0 Å². The monoisotopic (exact) mass is 311 g/mol. The molecule has 0 bridgehead atoms. The van der Waals surface area contributed by atoms with E-state index < -0.39 is 0 Å². The van der Waals surface area contributed by atoms with Gasteiger partial charge in [-0.05, 0) is 6.42 Å². The van der Waals surface area contributed by atoms with E-state index in [0.717, 1.165) is 0 Å². The zero-order valence-electron chi connectivity index (χ0n) is 9.60. The van der Waals surface area contributed by atoms with E-state index >= 15 is 0 Å². The molecule has 0 aliphatic heterocycles.